The molecule has 3 aromatic rings. The first-order valence-corrected chi connectivity index (χ1v) is 14.7. The molecule has 1 aliphatic rings. The molecule has 10 nitrogen and oxygen atoms in total. The Morgan fingerprint density at radius 3 is 2.48 bits per heavy atom. The predicted octanol–water partition coefficient (Wildman–Crippen LogP) is 4.96. The second kappa shape index (κ2) is 13.4. The topological polar surface area (TPSA) is 126 Å². The number of fused-ring (bicyclic) bond motifs is 1. The average molecular weight is 583 g/mol. The molecule has 0 radical (unpaired) electrons. The van der Waals surface area contributed by atoms with E-state index < -0.39 is 10.0 Å². The number of hydrogen-bond acceptors (Lipinski definition) is 8. The summed E-state index contributed by atoms with van der Waals surface area (Å²) >= 11 is 6.35. The van der Waals surface area contributed by atoms with Crippen LogP contribution in [0.4, 0.5) is 17.3 Å². The third kappa shape index (κ3) is 7.81. The van der Waals surface area contributed by atoms with Gasteiger partial charge in [0.2, 0.25) is 10.0 Å². The molecule has 1 amide bonds. The van der Waals surface area contributed by atoms with Crippen LogP contribution in [0.1, 0.15) is 19.3 Å². The van der Waals surface area contributed by atoms with Gasteiger partial charge in [-0.3, -0.25) is 14.9 Å². The van der Waals surface area contributed by atoms with Gasteiger partial charge in [-0.2, -0.15) is 0 Å². The number of halogens is 1. The Morgan fingerprint density at radius 2 is 1.80 bits per heavy atom. The van der Waals surface area contributed by atoms with Crippen LogP contribution in [-0.4, -0.2) is 55.3 Å². The van der Waals surface area contributed by atoms with E-state index in [9.17, 15) is 13.2 Å². The van der Waals surface area contributed by atoms with E-state index in [4.69, 9.17) is 16.3 Å². The second-order valence-electron chi connectivity index (χ2n) is 9.01. The van der Waals surface area contributed by atoms with E-state index in [0.29, 0.717) is 33.1 Å². The number of rotatable bonds is 11. The molecule has 12 heteroatoms. The minimum Gasteiger partial charge on any atom is -0.497 e. The van der Waals surface area contributed by atoms with Gasteiger partial charge in [-0.05, 0) is 43.2 Å². The maximum Gasteiger partial charge on any atom is 0.265 e. The second-order valence-corrected chi connectivity index (χ2v) is 11.2. The lowest BCUT2D eigenvalue weighted by atomic mass is 10.1. The van der Waals surface area contributed by atoms with Gasteiger partial charge in [0.05, 0.1) is 34.6 Å². The molecule has 0 atom stereocenters. The standard InChI is InChI=1S/C28H31ClN6O4S/c1-3-20(28(36)33-35-16-8-4-9-17-35)11-7-10-18-40(37,38)34-27-26(30-23-12-5-6-13-24(23)31-27)32-25-19-21(39-2)14-15-22(25)29/h3,5-7,10-15,19H,1,4,8-9,16-18H2,2H3,(H,30,32)(H,31,34)(H,33,36)/b10-7-,20-11+. The van der Waals surface area contributed by atoms with Crippen molar-refractivity contribution < 1.29 is 17.9 Å². The van der Waals surface area contributed by atoms with Gasteiger partial charge in [-0.1, -0.05) is 55.0 Å². The van der Waals surface area contributed by atoms with Crippen LogP contribution in [0.15, 0.2) is 78.9 Å². The molecule has 0 bridgehead atoms. The van der Waals surface area contributed by atoms with Gasteiger partial charge >= 0.3 is 0 Å². The summed E-state index contributed by atoms with van der Waals surface area (Å²) in [5.74, 6) is 0.0828. The van der Waals surface area contributed by atoms with Crippen molar-refractivity contribution in [1.82, 2.24) is 20.4 Å². The Balaban J connectivity index is 1.50. The number of piperidine rings is 1. The van der Waals surface area contributed by atoms with Crippen molar-refractivity contribution in [3.05, 3.63) is 83.9 Å². The van der Waals surface area contributed by atoms with Gasteiger partial charge in [0.1, 0.15) is 5.75 Å². The molecule has 0 unspecified atom stereocenters. The van der Waals surface area contributed by atoms with Crippen LogP contribution in [0.3, 0.4) is 0 Å². The Bertz CT molecular complexity index is 1550. The molecular formula is C28H31ClN6O4S. The number of nitrogens with zero attached hydrogens (tertiary/aromatic N) is 3. The molecule has 0 saturated carbocycles. The SMILES string of the molecule is C=C/C(=C\C=C/CS(=O)(=O)Nc1nc2ccccc2nc1Nc1cc(OC)ccc1Cl)C(=O)NN1CCCCC1. The quantitative estimate of drug-likeness (QED) is 0.214. The van der Waals surface area contributed by atoms with E-state index in [1.165, 1.54) is 31.4 Å². The zero-order valence-electron chi connectivity index (χ0n) is 22.1. The molecule has 1 aliphatic heterocycles. The molecule has 4 rings (SSSR count). The fraction of sp³-hybridized carbons (Fsp3) is 0.250. The number of sulfonamides is 1. The number of methoxy groups -OCH3 is 1. The van der Waals surface area contributed by atoms with Crippen LogP contribution in [-0.2, 0) is 14.8 Å². The van der Waals surface area contributed by atoms with Crippen LogP contribution >= 0.6 is 11.6 Å². The number of hydrazine groups is 1. The summed E-state index contributed by atoms with van der Waals surface area (Å²) in [6.45, 7) is 5.29. The monoisotopic (exact) mass is 582 g/mol. The number of allylic oxidation sites excluding steroid dienone is 2. The molecule has 1 saturated heterocycles. The largest absolute Gasteiger partial charge is 0.497 e. The van der Waals surface area contributed by atoms with E-state index >= 15 is 0 Å². The predicted molar refractivity (Wildman–Crippen MR) is 159 cm³/mol. The van der Waals surface area contributed by atoms with Crippen LogP contribution in [0.2, 0.25) is 5.02 Å². The van der Waals surface area contributed by atoms with Crippen molar-refractivity contribution in [2.45, 2.75) is 19.3 Å². The number of amides is 1. The first-order chi connectivity index (χ1) is 19.3. The zero-order chi connectivity index (χ0) is 28.5. The normalized spacial score (nSPS) is 14.7. The molecule has 1 fully saturated rings. The summed E-state index contributed by atoms with van der Waals surface area (Å²) in [5, 5.41) is 5.34. The van der Waals surface area contributed by atoms with Gasteiger partial charge in [0.25, 0.3) is 5.91 Å². The zero-order valence-corrected chi connectivity index (χ0v) is 23.6. The fourth-order valence-electron chi connectivity index (χ4n) is 4.01. The van der Waals surface area contributed by atoms with E-state index in [2.05, 4.69) is 32.0 Å². The van der Waals surface area contributed by atoms with E-state index in [0.717, 1.165) is 32.4 Å². The number of ether oxygens (including phenoxy) is 1. The summed E-state index contributed by atoms with van der Waals surface area (Å²) in [4.78, 5) is 21.6. The Kier molecular flexibility index (Phi) is 9.75. The molecule has 40 heavy (non-hydrogen) atoms. The molecule has 0 aliphatic carbocycles. The summed E-state index contributed by atoms with van der Waals surface area (Å²) in [7, 11) is -2.36. The lowest BCUT2D eigenvalue weighted by molar-refractivity contribution is -0.122. The summed E-state index contributed by atoms with van der Waals surface area (Å²) in [6, 6.07) is 12.1. The number of carbonyl (C=O) groups excluding carboxylic acids is 1. The summed E-state index contributed by atoms with van der Waals surface area (Å²) in [6.07, 6.45) is 9.11. The minimum atomic E-state index is -3.89. The van der Waals surface area contributed by atoms with Crippen LogP contribution in [0, 0.1) is 0 Å². The summed E-state index contributed by atoms with van der Waals surface area (Å²) < 4.78 is 33.8. The van der Waals surface area contributed by atoms with Crippen molar-refractivity contribution in [2.75, 3.05) is 36.0 Å². The molecule has 1 aromatic heterocycles. The van der Waals surface area contributed by atoms with Gasteiger partial charge in [0, 0.05) is 24.7 Å². The van der Waals surface area contributed by atoms with E-state index in [1.807, 2.05) is 11.1 Å². The highest BCUT2D eigenvalue weighted by molar-refractivity contribution is 7.92. The van der Waals surface area contributed by atoms with E-state index in [-0.39, 0.29) is 23.3 Å². The lowest BCUT2D eigenvalue weighted by Gasteiger charge is -2.26. The van der Waals surface area contributed by atoms with Gasteiger partial charge in [-0.15, -0.1) is 0 Å². The Morgan fingerprint density at radius 1 is 1.10 bits per heavy atom. The number of anilines is 3. The van der Waals surface area contributed by atoms with Crippen molar-refractivity contribution in [1.29, 1.82) is 0 Å². The first kappa shape index (κ1) is 29.1. The molecule has 0 spiro atoms. The van der Waals surface area contributed by atoms with Crippen molar-refractivity contribution in [3.63, 3.8) is 0 Å². The summed E-state index contributed by atoms with van der Waals surface area (Å²) in [5.41, 5.74) is 4.74. The number of benzene rings is 2. The fourth-order valence-corrected chi connectivity index (χ4v) is 5.06. The Hall–Kier alpha value is -3.93. The number of carbonyl (C=O) groups is 1. The van der Waals surface area contributed by atoms with Crippen molar-refractivity contribution >= 4 is 55.9 Å². The number of para-hydroxylation sites is 2. The molecule has 2 heterocycles. The van der Waals surface area contributed by atoms with Crippen LogP contribution in [0.25, 0.3) is 11.0 Å². The average Bonchev–Trinajstić information content (AvgIpc) is 2.94. The third-order valence-corrected chi connectivity index (χ3v) is 7.54. The Labute approximate surface area is 238 Å². The number of aromatic nitrogens is 2. The number of hydrogen-bond donors (Lipinski definition) is 3. The van der Waals surface area contributed by atoms with E-state index in [1.54, 1.807) is 36.4 Å². The maximum atomic E-state index is 13.0. The highest BCUT2D eigenvalue weighted by atomic mass is 35.5. The molecule has 210 valence electrons. The highest BCUT2D eigenvalue weighted by Gasteiger charge is 2.17. The number of nitrogens with one attached hydrogen (secondary N) is 3. The van der Waals surface area contributed by atoms with Gasteiger partial charge < -0.3 is 10.1 Å². The molecule has 3 N–H and O–H groups in total. The van der Waals surface area contributed by atoms with Gasteiger partial charge in [0.15, 0.2) is 11.6 Å². The maximum absolute atomic E-state index is 13.0. The van der Waals surface area contributed by atoms with Crippen LogP contribution in [0.5, 0.6) is 5.75 Å². The smallest absolute Gasteiger partial charge is 0.265 e. The highest BCUT2D eigenvalue weighted by Crippen LogP contribution is 2.32. The molecular weight excluding hydrogens is 552 g/mol. The van der Waals surface area contributed by atoms with Crippen LogP contribution < -0.4 is 20.2 Å². The minimum absolute atomic E-state index is 0.00854. The van der Waals surface area contributed by atoms with Crippen molar-refractivity contribution in [2.24, 2.45) is 0 Å². The molecule has 2 aromatic carbocycles. The van der Waals surface area contributed by atoms with Gasteiger partial charge in [-0.25, -0.2) is 23.4 Å². The lowest BCUT2D eigenvalue weighted by Crippen LogP contribution is -2.45. The van der Waals surface area contributed by atoms with Crippen molar-refractivity contribution in [3.8, 4) is 5.75 Å². The third-order valence-electron chi connectivity index (χ3n) is 6.07. The first-order valence-electron chi connectivity index (χ1n) is 12.7.